The fourth-order valence-corrected chi connectivity index (χ4v) is 3.12. The fourth-order valence-electron chi connectivity index (χ4n) is 2.61. The van der Waals surface area contributed by atoms with Gasteiger partial charge in [0.1, 0.15) is 11.6 Å². The predicted molar refractivity (Wildman–Crippen MR) is 114 cm³/mol. The van der Waals surface area contributed by atoms with Gasteiger partial charge in [0.15, 0.2) is 16.7 Å². The summed E-state index contributed by atoms with van der Waals surface area (Å²) in [5, 5.41) is 10.3. The highest BCUT2D eigenvalue weighted by molar-refractivity contribution is 7.98. The predicted octanol–water partition coefficient (Wildman–Crippen LogP) is 4.30. The zero-order valence-electron chi connectivity index (χ0n) is 16.1. The van der Waals surface area contributed by atoms with Crippen LogP contribution in [-0.4, -0.2) is 28.8 Å². The first-order valence-corrected chi connectivity index (χ1v) is 10.4. The zero-order valence-corrected chi connectivity index (χ0v) is 17.6. The number of ether oxygens (including phenoxy) is 2. The number of rotatable bonds is 6. The monoisotopic (exact) mass is 441 g/mol. The molecule has 0 amide bonds. The van der Waals surface area contributed by atoms with Crippen molar-refractivity contribution in [1.29, 1.82) is 5.26 Å². The Balaban J connectivity index is 2.01. The van der Waals surface area contributed by atoms with Crippen molar-refractivity contribution in [1.82, 2.24) is 9.97 Å². The quantitative estimate of drug-likeness (QED) is 0.263. The van der Waals surface area contributed by atoms with Gasteiger partial charge >= 0.3 is 5.97 Å². The summed E-state index contributed by atoms with van der Waals surface area (Å²) < 4.78 is 11.1. The second kappa shape index (κ2) is 9.48. The van der Waals surface area contributed by atoms with E-state index in [0.717, 1.165) is 0 Å². The maximum Gasteiger partial charge on any atom is 0.343 e. The number of nitrogens with one attached hydrogen (secondary N) is 1. The molecule has 0 atom stereocenters. The van der Waals surface area contributed by atoms with Crippen LogP contribution < -0.4 is 15.0 Å². The minimum Gasteiger partial charge on any atom is -0.490 e. The van der Waals surface area contributed by atoms with Crippen molar-refractivity contribution in [3.05, 3.63) is 69.0 Å². The molecule has 3 rings (SSSR count). The van der Waals surface area contributed by atoms with Crippen molar-refractivity contribution in [2.24, 2.45) is 0 Å². The summed E-state index contributed by atoms with van der Waals surface area (Å²) in [6, 6.07) is 12.9. The average molecular weight is 442 g/mol. The molecule has 0 fully saturated rings. The minimum absolute atomic E-state index is 0.110. The molecular weight excluding hydrogens is 426 g/mol. The van der Waals surface area contributed by atoms with E-state index in [0.29, 0.717) is 27.9 Å². The molecule has 0 unspecified atom stereocenters. The summed E-state index contributed by atoms with van der Waals surface area (Å²) in [4.78, 5) is 31.5. The average Bonchev–Trinajstić information content (AvgIpc) is 2.75. The van der Waals surface area contributed by atoms with Gasteiger partial charge in [-0.3, -0.25) is 4.79 Å². The molecule has 152 valence electrons. The number of aromatic amines is 1. The van der Waals surface area contributed by atoms with Gasteiger partial charge in [0.05, 0.1) is 17.9 Å². The maximum atomic E-state index is 12.4. The normalized spacial score (nSPS) is 10.3. The van der Waals surface area contributed by atoms with Gasteiger partial charge in [-0.15, -0.1) is 0 Å². The molecule has 0 bridgehead atoms. The molecule has 0 saturated heterocycles. The minimum atomic E-state index is -0.572. The third-order valence-corrected chi connectivity index (χ3v) is 4.83. The van der Waals surface area contributed by atoms with Gasteiger partial charge in [0.25, 0.3) is 5.56 Å². The van der Waals surface area contributed by atoms with E-state index in [2.05, 4.69) is 9.97 Å². The number of esters is 1. The molecule has 9 heteroatoms. The Morgan fingerprint density at radius 1 is 1.23 bits per heavy atom. The van der Waals surface area contributed by atoms with Crippen molar-refractivity contribution >= 4 is 29.3 Å². The van der Waals surface area contributed by atoms with Crippen LogP contribution in [0.3, 0.4) is 0 Å². The van der Waals surface area contributed by atoms with E-state index in [4.69, 9.17) is 21.1 Å². The number of aromatic nitrogens is 2. The molecule has 2 aromatic carbocycles. The number of benzene rings is 2. The number of H-pyrrole nitrogens is 1. The lowest BCUT2D eigenvalue weighted by Crippen LogP contribution is -2.14. The molecule has 0 spiro atoms. The summed E-state index contributed by atoms with van der Waals surface area (Å²) in [6.45, 7) is 2.11. The van der Waals surface area contributed by atoms with E-state index in [9.17, 15) is 14.9 Å². The number of nitrogens with zero attached hydrogens (tertiary/aromatic N) is 2. The van der Waals surface area contributed by atoms with Gasteiger partial charge in [-0.25, -0.2) is 9.78 Å². The van der Waals surface area contributed by atoms with Crippen LogP contribution in [0.25, 0.3) is 11.3 Å². The van der Waals surface area contributed by atoms with Crippen LogP contribution in [0.1, 0.15) is 22.8 Å². The maximum absolute atomic E-state index is 12.4. The van der Waals surface area contributed by atoms with E-state index in [1.807, 2.05) is 6.07 Å². The summed E-state index contributed by atoms with van der Waals surface area (Å²) >= 11 is 7.10. The van der Waals surface area contributed by atoms with Crippen molar-refractivity contribution in [3.63, 3.8) is 0 Å². The number of hydrogen-bond acceptors (Lipinski definition) is 7. The molecule has 1 N–H and O–H groups in total. The van der Waals surface area contributed by atoms with Crippen molar-refractivity contribution in [2.45, 2.75) is 12.1 Å². The van der Waals surface area contributed by atoms with E-state index in [1.54, 1.807) is 49.6 Å². The summed E-state index contributed by atoms with van der Waals surface area (Å²) in [6.07, 6.45) is 1.76. The Kier molecular flexibility index (Phi) is 6.77. The lowest BCUT2D eigenvalue weighted by molar-refractivity contribution is 0.0728. The van der Waals surface area contributed by atoms with Gasteiger partial charge < -0.3 is 14.5 Å². The Bertz CT molecular complexity index is 1190. The molecule has 1 aromatic heterocycles. The molecule has 3 aromatic rings. The first-order valence-electron chi connectivity index (χ1n) is 8.80. The number of halogens is 1. The van der Waals surface area contributed by atoms with Crippen LogP contribution in [0.4, 0.5) is 0 Å². The van der Waals surface area contributed by atoms with Crippen molar-refractivity contribution in [2.75, 3.05) is 12.9 Å². The van der Waals surface area contributed by atoms with Crippen LogP contribution in [0, 0.1) is 11.3 Å². The van der Waals surface area contributed by atoms with Gasteiger partial charge in [-0.05, 0) is 55.6 Å². The zero-order chi connectivity index (χ0) is 21.7. The first kappa shape index (κ1) is 21.4. The number of carbonyl (C=O) groups excluding carboxylic acids is 1. The Morgan fingerprint density at radius 3 is 2.60 bits per heavy atom. The van der Waals surface area contributed by atoms with Gasteiger partial charge in [0, 0.05) is 10.6 Å². The van der Waals surface area contributed by atoms with E-state index >= 15 is 0 Å². The molecule has 0 radical (unpaired) electrons. The standard InChI is InChI=1S/C21H16ClN3O4S/c1-3-28-17-10-13(18-15(11-23)19(26)25-21(24-18)30-2)6-9-16(17)29-20(27)12-4-7-14(22)8-5-12/h4-10H,3H2,1-2H3,(H,24,25,26). The Morgan fingerprint density at radius 2 is 1.97 bits per heavy atom. The second-order valence-corrected chi connectivity index (χ2v) is 7.13. The third kappa shape index (κ3) is 4.64. The number of nitriles is 1. The number of hydrogen-bond donors (Lipinski definition) is 1. The van der Waals surface area contributed by atoms with E-state index in [1.165, 1.54) is 17.8 Å². The first-order chi connectivity index (χ1) is 14.5. The van der Waals surface area contributed by atoms with Crippen LogP contribution >= 0.6 is 23.4 Å². The molecule has 30 heavy (non-hydrogen) atoms. The van der Waals surface area contributed by atoms with Crippen LogP contribution in [0.5, 0.6) is 11.5 Å². The second-order valence-electron chi connectivity index (χ2n) is 5.90. The molecule has 0 aliphatic carbocycles. The summed E-state index contributed by atoms with van der Waals surface area (Å²) in [5.41, 5.74) is 0.410. The molecular formula is C21H16ClN3O4S. The summed E-state index contributed by atoms with van der Waals surface area (Å²) in [5.74, 6) is -0.0833. The highest BCUT2D eigenvalue weighted by Crippen LogP contribution is 2.33. The smallest absolute Gasteiger partial charge is 0.343 e. The Hall–Kier alpha value is -3.28. The van der Waals surface area contributed by atoms with Crippen molar-refractivity contribution < 1.29 is 14.3 Å². The van der Waals surface area contributed by atoms with Crippen LogP contribution in [0.15, 0.2) is 52.4 Å². The van der Waals surface area contributed by atoms with Gasteiger partial charge in [-0.1, -0.05) is 23.4 Å². The molecule has 0 saturated carbocycles. The highest BCUT2D eigenvalue weighted by Gasteiger charge is 2.18. The number of thioether (sulfide) groups is 1. The number of carbonyl (C=O) groups is 1. The van der Waals surface area contributed by atoms with Crippen molar-refractivity contribution in [3.8, 4) is 28.8 Å². The lowest BCUT2D eigenvalue weighted by atomic mass is 10.1. The topological polar surface area (TPSA) is 105 Å². The van der Waals surface area contributed by atoms with Gasteiger partial charge in [0.2, 0.25) is 0 Å². The van der Waals surface area contributed by atoms with Crippen LogP contribution in [0.2, 0.25) is 5.02 Å². The lowest BCUT2D eigenvalue weighted by Gasteiger charge is -2.13. The van der Waals surface area contributed by atoms with Crippen LogP contribution in [-0.2, 0) is 0 Å². The van der Waals surface area contributed by atoms with E-state index in [-0.39, 0.29) is 22.8 Å². The molecule has 1 heterocycles. The highest BCUT2D eigenvalue weighted by atomic mass is 35.5. The SMILES string of the molecule is CCOc1cc(-c2nc(SC)[nH]c(=O)c2C#N)ccc1OC(=O)c1ccc(Cl)cc1. The largest absolute Gasteiger partial charge is 0.490 e. The van der Waals surface area contributed by atoms with E-state index < -0.39 is 11.5 Å². The van der Waals surface area contributed by atoms with Gasteiger partial charge in [-0.2, -0.15) is 5.26 Å². The molecule has 0 aliphatic heterocycles. The Labute approximate surface area is 181 Å². The third-order valence-electron chi connectivity index (χ3n) is 4.00. The molecule has 0 aliphatic rings. The molecule has 7 nitrogen and oxygen atoms in total. The summed E-state index contributed by atoms with van der Waals surface area (Å²) in [7, 11) is 0. The fraction of sp³-hybridized carbons (Fsp3) is 0.143.